The van der Waals surface area contributed by atoms with E-state index in [2.05, 4.69) is 17.2 Å². The first kappa shape index (κ1) is 12.1. The Morgan fingerprint density at radius 3 is 2.41 bits per heavy atom. The molecular weight excluding hydrogens is 232 g/mol. The quantitative estimate of drug-likeness (QED) is 0.892. The number of nitrogens with one attached hydrogen (secondary N) is 1. The Balaban J connectivity index is 1.93. The summed E-state index contributed by atoms with van der Waals surface area (Å²) in [5.74, 6) is 0. The number of aromatic nitrogens is 1. The number of pyridine rings is 1. The minimum Gasteiger partial charge on any atom is -0.306 e. The fraction of sp³-hybridized carbons (Fsp3) is 0.214. The molecule has 0 spiro atoms. The highest BCUT2D eigenvalue weighted by atomic mass is 35.5. The molecule has 1 heterocycles. The van der Waals surface area contributed by atoms with Gasteiger partial charge in [0.25, 0.3) is 0 Å². The van der Waals surface area contributed by atoms with Gasteiger partial charge >= 0.3 is 0 Å². The molecule has 1 aromatic carbocycles. The second-order valence-electron chi connectivity index (χ2n) is 4.01. The van der Waals surface area contributed by atoms with E-state index < -0.39 is 0 Å². The van der Waals surface area contributed by atoms with E-state index in [0.717, 1.165) is 11.6 Å². The van der Waals surface area contributed by atoms with Crippen LogP contribution in [0.3, 0.4) is 0 Å². The number of hydrogen-bond donors (Lipinski definition) is 1. The predicted octanol–water partition coefficient (Wildman–Crippen LogP) is 3.59. The van der Waals surface area contributed by atoms with Crippen LogP contribution >= 0.6 is 11.6 Å². The van der Waals surface area contributed by atoms with Gasteiger partial charge in [-0.15, -0.1) is 0 Å². The van der Waals surface area contributed by atoms with Crippen LogP contribution in [0, 0.1) is 0 Å². The second-order valence-corrected chi connectivity index (χ2v) is 4.45. The van der Waals surface area contributed by atoms with Crippen LogP contribution in [-0.4, -0.2) is 4.98 Å². The van der Waals surface area contributed by atoms with E-state index in [1.165, 1.54) is 11.1 Å². The van der Waals surface area contributed by atoms with Crippen molar-refractivity contribution in [3.63, 3.8) is 0 Å². The van der Waals surface area contributed by atoms with Crippen molar-refractivity contribution < 1.29 is 0 Å². The third-order valence-electron chi connectivity index (χ3n) is 2.73. The van der Waals surface area contributed by atoms with Gasteiger partial charge in [-0.2, -0.15) is 0 Å². The highest BCUT2D eigenvalue weighted by molar-refractivity contribution is 6.30. The molecule has 0 saturated heterocycles. The molecule has 3 heteroatoms. The van der Waals surface area contributed by atoms with Crippen LogP contribution in [-0.2, 0) is 6.54 Å². The molecule has 2 aromatic rings. The number of rotatable bonds is 4. The van der Waals surface area contributed by atoms with Crippen molar-refractivity contribution in [3.05, 3.63) is 64.9 Å². The van der Waals surface area contributed by atoms with Crippen LogP contribution in [0.5, 0.6) is 0 Å². The van der Waals surface area contributed by atoms with Crippen LogP contribution in [0.4, 0.5) is 0 Å². The molecule has 2 nitrogen and oxygen atoms in total. The third-order valence-corrected chi connectivity index (χ3v) is 2.98. The van der Waals surface area contributed by atoms with Crippen molar-refractivity contribution in [3.8, 4) is 0 Å². The summed E-state index contributed by atoms with van der Waals surface area (Å²) >= 11 is 5.86. The third kappa shape index (κ3) is 3.55. The molecule has 0 radical (unpaired) electrons. The van der Waals surface area contributed by atoms with Gasteiger partial charge in [-0.25, -0.2) is 0 Å². The molecule has 0 saturated carbocycles. The molecule has 1 unspecified atom stereocenters. The molecule has 0 aliphatic heterocycles. The highest BCUT2D eigenvalue weighted by Gasteiger charge is 2.04. The molecule has 2 rings (SSSR count). The van der Waals surface area contributed by atoms with Crippen LogP contribution in [0.25, 0.3) is 0 Å². The monoisotopic (exact) mass is 246 g/mol. The van der Waals surface area contributed by atoms with Gasteiger partial charge in [0.2, 0.25) is 0 Å². The smallest absolute Gasteiger partial charge is 0.0406 e. The summed E-state index contributed by atoms with van der Waals surface area (Å²) in [5.41, 5.74) is 2.48. The highest BCUT2D eigenvalue weighted by Crippen LogP contribution is 2.16. The first-order valence-electron chi connectivity index (χ1n) is 5.63. The first-order chi connectivity index (χ1) is 8.25. The van der Waals surface area contributed by atoms with Gasteiger partial charge in [-0.3, -0.25) is 4.98 Å². The van der Waals surface area contributed by atoms with E-state index in [1.807, 2.05) is 48.8 Å². The van der Waals surface area contributed by atoms with E-state index >= 15 is 0 Å². The predicted molar refractivity (Wildman–Crippen MR) is 70.9 cm³/mol. The summed E-state index contributed by atoms with van der Waals surface area (Å²) in [4.78, 5) is 4.00. The zero-order valence-electron chi connectivity index (χ0n) is 9.73. The Bertz CT molecular complexity index is 453. The van der Waals surface area contributed by atoms with Crippen molar-refractivity contribution in [2.45, 2.75) is 19.5 Å². The largest absolute Gasteiger partial charge is 0.306 e. The Morgan fingerprint density at radius 2 is 1.76 bits per heavy atom. The van der Waals surface area contributed by atoms with E-state index in [-0.39, 0.29) is 0 Å². The summed E-state index contributed by atoms with van der Waals surface area (Å²) in [6, 6.07) is 12.3. The summed E-state index contributed by atoms with van der Waals surface area (Å²) in [5, 5.41) is 4.24. The minimum absolute atomic E-state index is 0.306. The lowest BCUT2D eigenvalue weighted by molar-refractivity contribution is 0.574. The van der Waals surface area contributed by atoms with E-state index in [1.54, 1.807) is 0 Å². The molecule has 88 valence electrons. The number of nitrogens with zero attached hydrogens (tertiary/aromatic N) is 1. The van der Waals surface area contributed by atoms with Crippen molar-refractivity contribution in [2.75, 3.05) is 0 Å². The fourth-order valence-corrected chi connectivity index (χ4v) is 1.77. The second kappa shape index (κ2) is 5.80. The van der Waals surface area contributed by atoms with Crippen LogP contribution in [0.2, 0.25) is 5.02 Å². The summed E-state index contributed by atoms with van der Waals surface area (Å²) in [7, 11) is 0. The van der Waals surface area contributed by atoms with Gasteiger partial charge in [-0.05, 0) is 42.3 Å². The average Bonchev–Trinajstić information content (AvgIpc) is 2.38. The van der Waals surface area contributed by atoms with E-state index in [9.17, 15) is 0 Å². The first-order valence-corrected chi connectivity index (χ1v) is 6.01. The summed E-state index contributed by atoms with van der Waals surface area (Å²) < 4.78 is 0. The minimum atomic E-state index is 0.306. The van der Waals surface area contributed by atoms with Crippen LogP contribution in [0.1, 0.15) is 24.1 Å². The Morgan fingerprint density at radius 1 is 1.12 bits per heavy atom. The topological polar surface area (TPSA) is 24.9 Å². The number of benzene rings is 1. The average molecular weight is 247 g/mol. The normalized spacial score (nSPS) is 12.4. The molecule has 1 atom stereocenters. The van der Waals surface area contributed by atoms with Gasteiger partial charge in [0, 0.05) is 30.0 Å². The maximum atomic E-state index is 5.86. The summed E-state index contributed by atoms with van der Waals surface area (Å²) in [6.45, 7) is 2.98. The summed E-state index contributed by atoms with van der Waals surface area (Å²) in [6.07, 6.45) is 3.62. The number of hydrogen-bond acceptors (Lipinski definition) is 2. The van der Waals surface area contributed by atoms with Crippen molar-refractivity contribution in [1.82, 2.24) is 10.3 Å². The van der Waals surface area contributed by atoms with Crippen molar-refractivity contribution in [1.29, 1.82) is 0 Å². The molecule has 17 heavy (non-hydrogen) atoms. The SMILES string of the molecule is CC(NCc1ccncc1)c1ccc(Cl)cc1. The number of halogens is 1. The molecule has 0 aliphatic rings. The Labute approximate surface area is 107 Å². The molecule has 0 bridgehead atoms. The van der Waals surface area contributed by atoms with Gasteiger partial charge in [0.05, 0.1) is 0 Å². The standard InChI is InChI=1S/C14H15ClN2/c1-11(13-2-4-14(15)5-3-13)17-10-12-6-8-16-9-7-12/h2-9,11,17H,10H2,1H3. The molecule has 0 amide bonds. The van der Waals surface area contributed by atoms with E-state index in [0.29, 0.717) is 6.04 Å². The molecule has 1 aromatic heterocycles. The zero-order chi connectivity index (χ0) is 12.1. The maximum absolute atomic E-state index is 5.86. The molecular formula is C14H15ClN2. The van der Waals surface area contributed by atoms with Crippen molar-refractivity contribution >= 4 is 11.6 Å². The van der Waals surface area contributed by atoms with Crippen LogP contribution in [0.15, 0.2) is 48.8 Å². The molecule has 1 N–H and O–H groups in total. The Kier molecular flexibility index (Phi) is 4.13. The zero-order valence-corrected chi connectivity index (χ0v) is 10.5. The Hall–Kier alpha value is -1.38. The maximum Gasteiger partial charge on any atom is 0.0406 e. The van der Waals surface area contributed by atoms with Gasteiger partial charge in [0.1, 0.15) is 0 Å². The fourth-order valence-electron chi connectivity index (χ4n) is 1.64. The lowest BCUT2D eigenvalue weighted by Crippen LogP contribution is -2.17. The lowest BCUT2D eigenvalue weighted by Gasteiger charge is -2.14. The van der Waals surface area contributed by atoms with Gasteiger partial charge < -0.3 is 5.32 Å². The van der Waals surface area contributed by atoms with E-state index in [4.69, 9.17) is 11.6 Å². The lowest BCUT2D eigenvalue weighted by atomic mass is 10.1. The van der Waals surface area contributed by atoms with Crippen molar-refractivity contribution in [2.24, 2.45) is 0 Å². The van der Waals surface area contributed by atoms with Gasteiger partial charge in [-0.1, -0.05) is 23.7 Å². The van der Waals surface area contributed by atoms with Gasteiger partial charge in [0.15, 0.2) is 0 Å². The molecule has 0 fully saturated rings. The molecule has 0 aliphatic carbocycles. The van der Waals surface area contributed by atoms with Crippen LogP contribution < -0.4 is 5.32 Å².